The van der Waals surface area contributed by atoms with Crippen LogP contribution in [0, 0.1) is 5.92 Å². The minimum Gasteiger partial charge on any atom is -0.330 e. The van der Waals surface area contributed by atoms with Gasteiger partial charge in [0.1, 0.15) is 0 Å². The van der Waals surface area contributed by atoms with Crippen LogP contribution in [0.2, 0.25) is 0 Å². The summed E-state index contributed by atoms with van der Waals surface area (Å²) >= 11 is 0. The molecule has 1 saturated carbocycles. The van der Waals surface area contributed by atoms with Gasteiger partial charge in [-0.3, -0.25) is 0 Å². The van der Waals surface area contributed by atoms with Gasteiger partial charge in [-0.2, -0.15) is 0 Å². The summed E-state index contributed by atoms with van der Waals surface area (Å²) in [5, 5.41) is -0.289. The van der Waals surface area contributed by atoms with Crippen molar-refractivity contribution >= 4 is 9.84 Å². The van der Waals surface area contributed by atoms with Crippen LogP contribution >= 0.6 is 0 Å². The topological polar surface area (TPSA) is 60.2 Å². The Balaban J connectivity index is 2.29. The van der Waals surface area contributed by atoms with Crippen LogP contribution in [0.4, 0.5) is 0 Å². The maximum atomic E-state index is 12.6. The molecule has 1 aliphatic carbocycles. The molecule has 2 atom stereocenters. The Labute approximate surface area is 116 Å². The van der Waals surface area contributed by atoms with E-state index in [9.17, 15) is 8.42 Å². The van der Waals surface area contributed by atoms with Gasteiger partial charge in [-0.05, 0) is 48.9 Å². The summed E-state index contributed by atoms with van der Waals surface area (Å²) in [7, 11) is -3.22. The molecule has 106 valence electrons. The van der Waals surface area contributed by atoms with Gasteiger partial charge in [0.05, 0.1) is 10.1 Å². The molecular formula is C15H23NO2S. The van der Waals surface area contributed by atoms with Crippen LogP contribution < -0.4 is 5.73 Å². The van der Waals surface area contributed by atoms with Crippen LogP contribution in [-0.4, -0.2) is 20.2 Å². The van der Waals surface area contributed by atoms with Crippen molar-refractivity contribution in [3.63, 3.8) is 0 Å². The standard InChI is InChI=1S/C15H23NO2S/c1-11(2)12-6-8-14(9-7-12)19(17,18)15-5-3-4-13(15)10-16/h6-9,11,13,15H,3-5,10,16H2,1-2H3. The van der Waals surface area contributed by atoms with Gasteiger partial charge in [-0.15, -0.1) is 0 Å². The van der Waals surface area contributed by atoms with E-state index in [0.717, 1.165) is 19.3 Å². The normalized spacial score (nSPS) is 24.0. The lowest BCUT2D eigenvalue weighted by molar-refractivity contribution is 0.523. The molecule has 2 unspecified atom stereocenters. The summed E-state index contributed by atoms with van der Waals surface area (Å²) in [6, 6.07) is 7.33. The first-order valence-corrected chi connectivity index (χ1v) is 8.55. The molecule has 1 aliphatic rings. The van der Waals surface area contributed by atoms with Gasteiger partial charge in [0.2, 0.25) is 0 Å². The van der Waals surface area contributed by atoms with Crippen LogP contribution in [0.3, 0.4) is 0 Å². The molecule has 1 aromatic carbocycles. The first-order chi connectivity index (χ1) is 8.96. The highest BCUT2D eigenvalue weighted by atomic mass is 32.2. The van der Waals surface area contributed by atoms with Gasteiger partial charge < -0.3 is 5.73 Å². The highest BCUT2D eigenvalue weighted by Crippen LogP contribution is 2.34. The zero-order chi connectivity index (χ0) is 14.0. The van der Waals surface area contributed by atoms with Crippen LogP contribution in [0.5, 0.6) is 0 Å². The van der Waals surface area contributed by atoms with Crippen LogP contribution in [0.15, 0.2) is 29.2 Å². The van der Waals surface area contributed by atoms with E-state index in [1.807, 2.05) is 12.1 Å². The summed E-state index contributed by atoms with van der Waals surface area (Å²) in [6.45, 7) is 4.67. The maximum Gasteiger partial charge on any atom is 0.181 e. The third kappa shape index (κ3) is 2.84. The van der Waals surface area contributed by atoms with Crippen molar-refractivity contribution in [1.82, 2.24) is 0 Å². The fraction of sp³-hybridized carbons (Fsp3) is 0.600. The third-order valence-corrected chi connectivity index (χ3v) is 6.51. The van der Waals surface area contributed by atoms with Crippen molar-refractivity contribution < 1.29 is 8.42 Å². The molecule has 19 heavy (non-hydrogen) atoms. The predicted molar refractivity (Wildman–Crippen MR) is 77.9 cm³/mol. The van der Waals surface area contributed by atoms with E-state index in [1.165, 1.54) is 5.56 Å². The molecule has 0 radical (unpaired) electrons. The molecule has 0 spiro atoms. The van der Waals surface area contributed by atoms with E-state index in [1.54, 1.807) is 12.1 Å². The fourth-order valence-electron chi connectivity index (χ4n) is 2.90. The van der Waals surface area contributed by atoms with Crippen LogP contribution in [0.1, 0.15) is 44.6 Å². The van der Waals surface area contributed by atoms with E-state index in [4.69, 9.17) is 5.73 Å². The molecule has 3 nitrogen and oxygen atoms in total. The lowest BCUT2D eigenvalue weighted by atomic mass is 10.0. The van der Waals surface area contributed by atoms with Crippen molar-refractivity contribution in [2.45, 2.75) is 49.2 Å². The van der Waals surface area contributed by atoms with E-state index in [2.05, 4.69) is 13.8 Å². The highest BCUT2D eigenvalue weighted by molar-refractivity contribution is 7.92. The Kier molecular flexibility index (Phi) is 4.31. The first kappa shape index (κ1) is 14.5. The fourth-order valence-corrected chi connectivity index (χ4v) is 4.99. The third-order valence-electron chi connectivity index (χ3n) is 4.17. The van der Waals surface area contributed by atoms with Crippen molar-refractivity contribution in [3.05, 3.63) is 29.8 Å². The largest absolute Gasteiger partial charge is 0.330 e. The SMILES string of the molecule is CC(C)c1ccc(S(=O)(=O)C2CCCC2CN)cc1. The second-order valence-electron chi connectivity index (χ2n) is 5.73. The van der Waals surface area contributed by atoms with E-state index in [0.29, 0.717) is 17.4 Å². The monoisotopic (exact) mass is 281 g/mol. The average molecular weight is 281 g/mol. The average Bonchev–Trinajstić information content (AvgIpc) is 2.87. The molecule has 0 aliphatic heterocycles. The zero-order valence-corrected chi connectivity index (χ0v) is 12.5. The predicted octanol–water partition coefficient (Wildman–Crippen LogP) is 2.71. The molecule has 4 heteroatoms. The Morgan fingerprint density at radius 3 is 2.37 bits per heavy atom. The van der Waals surface area contributed by atoms with Gasteiger partial charge >= 0.3 is 0 Å². The Morgan fingerprint density at radius 1 is 1.21 bits per heavy atom. The lowest BCUT2D eigenvalue weighted by Gasteiger charge is -2.18. The molecule has 0 amide bonds. The Bertz CT molecular complexity index is 520. The number of benzene rings is 1. The molecule has 2 rings (SSSR count). The van der Waals surface area contributed by atoms with E-state index >= 15 is 0 Å². The number of sulfone groups is 1. The Hall–Kier alpha value is -0.870. The molecule has 0 heterocycles. The van der Waals surface area contributed by atoms with Gasteiger partial charge in [0.15, 0.2) is 9.84 Å². The zero-order valence-electron chi connectivity index (χ0n) is 11.7. The summed E-state index contributed by atoms with van der Waals surface area (Å²) < 4.78 is 25.3. The molecular weight excluding hydrogens is 258 g/mol. The minimum atomic E-state index is -3.22. The Morgan fingerprint density at radius 2 is 1.84 bits per heavy atom. The molecule has 2 N–H and O–H groups in total. The summed E-state index contributed by atoms with van der Waals surface area (Å²) in [6.07, 6.45) is 2.65. The number of nitrogens with two attached hydrogens (primary N) is 1. The molecule has 0 saturated heterocycles. The van der Waals surface area contributed by atoms with Crippen molar-refractivity contribution in [3.8, 4) is 0 Å². The number of hydrogen-bond acceptors (Lipinski definition) is 3. The quantitative estimate of drug-likeness (QED) is 0.923. The maximum absolute atomic E-state index is 12.6. The second-order valence-corrected chi connectivity index (χ2v) is 7.90. The van der Waals surface area contributed by atoms with Crippen molar-refractivity contribution in [1.29, 1.82) is 0 Å². The van der Waals surface area contributed by atoms with Gasteiger partial charge in [0.25, 0.3) is 0 Å². The smallest absolute Gasteiger partial charge is 0.181 e. The van der Waals surface area contributed by atoms with Crippen molar-refractivity contribution in [2.24, 2.45) is 11.7 Å². The molecule has 0 aromatic heterocycles. The highest BCUT2D eigenvalue weighted by Gasteiger charge is 2.37. The molecule has 1 fully saturated rings. The van der Waals surface area contributed by atoms with Gasteiger partial charge in [0, 0.05) is 0 Å². The summed E-state index contributed by atoms with van der Waals surface area (Å²) in [4.78, 5) is 0.447. The van der Waals surface area contributed by atoms with E-state index in [-0.39, 0.29) is 11.2 Å². The van der Waals surface area contributed by atoms with Gasteiger partial charge in [-0.1, -0.05) is 32.4 Å². The second kappa shape index (κ2) is 5.63. The van der Waals surface area contributed by atoms with Crippen LogP contribution in [0.25, 0.3) is 0 Å². The van der Waals surface area contributed by atoms with Crippen molar-refractivity contribution in [2.75, 3.05) is 6.54 Å². The lowest BCUT2D eigenvalue weighted by Crippen LogP contribution is -2.30. The summed E-state index contributed by atoms with van der Waals surface area (Å²) in [5.41, 5.74) is 6.87. The molecule has 0 bridgehead atoms. The van der Waals surface area contributed by atoms with Crippen LogP contribution in [-0.2, 0) is 9.84 Å². The number of hydrogen-bond donors (Lipinski definition) is 1. The summed E-state index contributed by atoms with van der Waals surface area (Å²) in [5.74, 6) is 0.537. The van der Waals surface area contributed by atoms with E-state index < -0.39 is 9.84 Å². The minimum absolute atomic E-state index is 0.120. The van der Waals surface area contributed by atoms with Gasteiger partial charge in [-0.25, -0.2) is 8.42 Å². The first-order valence-electron chi connectivity index (χ1n) is 7.00. The number of rotatable bonds is 4. The molecule has 1 aromatic rings.